The molecule has 4 nitrogen and oxygen atoms in total. The molecular weight excluding hydrogens is 370 g/mol. The van der Waals surface area contributed by atoms with Crippen molar-refractivity contribution >= 4 is 5.91 Å². The maximum atomic E-state index is 13.4. The number of nitrogens with zero attached hydrogens (tertiary/aromatic N) is 2. The average molecular weight is 400 g/mol. The molecule has 1 aliphatic heterocycles. The molecular formula is C26H29N3O. The topological polar surface area (TPSA) is 45.2 Å². The molecule has 4 heteroatoms. The van der Waals surface area contributed by atoms with Crippen LogP contribution in [-0.2, 0) is 17.8 Å². The monoisotopic (exact) mass is 399 g/mol. The second kappa shape index (κ2) is 10.2. The summed E-state index contributed by atoms with van der Waals surface area (Å²) in [5.74, 6) is 0.181. The molecule has 1 unspecified atom stereocenters. The molecule has 0 bridgehead atoms. The maximum absolute atomic E-state index is 13.4. The molecule has 1 N–H and O–H groups in total. The Hall–Kier alpha value is -2.98. The van der Waals surface area contributed by atoms with Crippen LogP contribution in [0.4, 0.5) is 0 Å². The highest BCUT2D eigenvalue weighted by atomic mass is 16.2. The van der Waals surface area contributed by atoms with Gasteiger partial charge in [-0.15, -0.1) is 0 Å². The van der Waals surface area contributed by atoms with Crippen molar-refractivity contribution in [2.45, 2.75) is 38.3 Å². The van der Waals surface area contributed by atoms with Crippen molar-refractivity contribution in [2.75, 3.05) is 13.1 Å². The molecule has 2 aromatic carbocycles. The van der Waals surface area contributed by atoms with E-state index in [0.29, 0.717) is 13.0 Å². The Morgan fingerprint density at radius 2 is 1.67 bits per heavy atom. The second-order valence-electron chi connectivity index (χ2n) is 7.92. The van der Waals surface area contributed by atoms with E-state index in [9.17, 15) is 4.79 Å². The zero-order chi connectivity index (χ0) is 20.6. The molecule has 1 fully saturated rings. The lowest BCUT2D eigenvalue weighted by atomic mass is 10.0. The number of aromatic nitrogens is 1. The zero-order valence-corrected chi connectivity index (χ0v) is 17.3. The number of nitrogens with one attached hydrogen (secondary N) is 1. The van der Waals surface area contributed by atoms with Crippen molar-refractivity contribution in [2.24, 2.45) is 0 Å². The van der Waals surface area contributed by atoms with E-state index in [1.807, 2.05) is 36.4 Å². The van der Waals surface area contributed by atoms with Gasteiger partial charge in [0.2, 0.25) is 5.91 Å². The minimum absolute atomic E-state index is 0.181. The fraction of sp³-hybridized carbons (Fsp3) is 0.308. The Bertz CT molecular complexity index is 918. The summed E-state index contributed by atoms with van der Waals surface area (Å²) in [6.45, 7) is 2.57. The minimum Gasteiger partial charge on any atom is -0.333 e. The maximum Gasteiger partial charge on any atom is 0.227 e. The molecule has 1 aromatic heterocycles. The Kier molecular flexibility index (Phi) is 6.88. The molecule has 1 atom stereocenters. The van der Waals surface area contributed by atoms with Crippen molar-refractivity contribution in [3.63, 3.8) is 0 Å². The average Bonchev–Trinajstić information content (AvgIpc) is 3.09. The predicted molar refractivity (Wildman–Crippen MR) is 121 cm³/mol. The van der Waals surface area contributed by atoms with Crippen LogP contribution in [0.5, 0.6) is 0 Å². The lowest BCUT2D eigenvalue weighted by Gasteiger charge is -2.31. The first-order chi connectivity index (χ1) is 14.8. The van der Waals surface area contributed by atoms with Gasteiger partial charge in [-0.25, -0.2) is 0 Å². The van der Waals surface area contributed by atoms with Gasteiger partial charge in [-0.1, -0.05) is 60.7 Å². The van der Waals surface area contributed by atoms with Gasteiger partial charge in [0, 0.05) is 12.2 Å². The molecule has 154 valence electrons. The predicted octanol–water partition coefficient (Wildman–Crippen LogP) is 4.46. The first kappa shape index (κ1) is 20.3. The fourth-order valence-corrected chi connectivity index (χ4v) is 4.12. The van der Waals surface area contributed by atoms with Crippen molar-refractivity contribution < 1.29 is 4.79 Å². The smallest absolute Gasteiger partial charge is 0.227 e. The summed E-state index contributed by atoms with van der Waals surface area (Å²) in [5.41, 5.74) is 4.37. The van der Waals surface area contributed by atoms with Gasteiger partial charge >= 0.3 is 0 Å². The van der Waals surface area contributed by atoms with E-state index in [0.717, 1.165) is 43.6 Å². The van der Waals surface area contributed by atoms with Crippen molar-refractivity contribution in [3.05, 3.63) is 90.3 Å². The summed E-state index contributed by atoms with van der Waals surface area (Å²) in [5, 5.41) is 3.45. The molecule has 4 rings (SSSR count). The van der Waals surface area contributed by atoms with Gasteiger partial charge in [0.15, 0.2) is 0 Å². The Morgan fingerprint density at radius 3 is 2.43 bits per heavy atom. The van der Waals surface area contributed by atoms with Crippen molar-refractivity contribution in [1.29, 1.82) is 0 Å². The fourth-order valence-electron chi connectivity index (χ4n) is 4.12. The lowest BCUT2D eigenvalue weighted by molar-refractivity contribution is -0.133. The van der Waals surface area contributed by atoms with E-state index in [4.69, 9.17) is 0 Å². The molecule has 1 aliphatic rings. The largest absolute Gasteiger partial charge is 0.333 e. The molecule has 1 saturated heterocycles. The summed E-state index contributed by atoms with van der Waals surface area (Å²) in [4.78, 5) is 19.9. The lowest BCUT2D eigenvalue weighted by Crippen LogP contribution is -2.41. The third-order valence-corrected chi connectivity index (χ3v) is 5.78. The number of carbonyl (C=O) groups is 1. The van der Waals surface area contributed by atoms with Gasteiger partial charge in [-0.05, 0) is 61.2 Å². The van der Waals surface area contributed by atoms with Crippen LogP contribution in [0.3, 0.4) is 0 Å². The van der Waals surface area contributed by atoms with Gasteiger partial charge in [0.05, 0.1) is 18.7 Å². The van der Waals surface area contributed by atoms with Crippen LogP contribution < -0.4 is 5.32 Å². The van der Waals surface area contributed by atoms with Crippen LogP contribution in [0.1, 0.15) is 30.5 Å². The van der Waals surface area contributed by atoms with Crippen LogP contribution in [0.2, 0.25) is 0 Å². The van der Waals surface area contributed by atoms with Crippen LogP contribution in [-0.4, -0.2) is 34.9 Å². The number of amides is 1. The third kappa shape index (κ3) is 5.33. The normalized spacial score (nSPS) is 16.6. The van der Waals surface area contributed by atoms with E-state index in [2.05, 4.69) is 51.6 Å². The van der Waals surface area contributed by atoms with Gasteiger partial charge < -0.3 is 10.2 Å². The van der Waals surface area contributed by atoms with E-state index in [1.165, 1.54) is 11.1 Å². The molecule has 0 saturated carbocycles. The summed E-state index contributed by atoms with van der Waals surface area (Å²) >= 11 is 0. The molecule has 1 amide bonds. The van der Waals surface area contributed by atoms with Gasteiger partial charge in [-0.2, -0.15) is 0 Å². The summed E-state index contributed by atoms with van der Waals surface area (Å²) in [6, 6.07) is 24.9. The highest BCUT2D eigenvalue weighted by Crippen LogP contribution is 2.21. The number of hydrogen-bond donors (Lipinski definition) is 1. The minimum atomic E-state index is 0.181. The number of pyridine rings is 1. The molecule has 0 aliphatic carbocycles. The summed E-state index contributed by atoms with van der Waals surface area (Å²) in [6.07, 6.45) is 5.35. The van der Waals surface area contributed by atoms with E-state index < -0.39 is 0 Å². The molecule has 0 radical (unpaired) electrons. The van der Waals surface area contributed by atoms with Crippen LogP contribution >= 0.6 is 0 Å². The highest BCUT2D eigenvalue weighted by molar-refractivity contribution is 5.79. The van der Waals surface area contributed by atoms with Gasteiger partial charge in [-0.3, -0.25) is 9.78 Å². The molecule has 30 heavy (non-hydrogen) atoms. The van der Waals surface area contributed by atoms with E-state index in [1.54, 1.807) is 6.20 Å². The summed E-state index contributed by atoms with van der Waals surface area (Å²) < 4.78 is 0. The van der Waals surface area contributed by atoms with Gasteiger partial charge in [0.1, 0.15) is 0 Å². The van der Waals surface area contributed by atoms with Crippen LogP contribution in [0, 0.1) is 0 Å². The molecule has 2 heterocycles. The Labute approximate surface area is 179 Å². The number of carbonyl (C=O) groups excluding carboxylic acids is 1. The second-order valence-corrected chi connectivity index (χ2v) is 7.92. The molecule has 3 aromatic rings. The number of hydrogen-bond acceptors (Lipinski definition) is 3. The van der Waals surface area contributed by atoms with Crippen LogP contribution in [0.15, 0.2) is 79.0 Å². The third-order valence-electron chi connectivity index (χ3n) is 5.78. The SMILES string of the molecule is O=C(Cc1ccc(-c2ccccc2)cc1)N(Cc1ccccn1)C1CCCNCC1. The quantitative estimate of drug-likeness (QED) is 0.666. The van der Waals surface area contributed by atoms with E-state index >= 15 is 0 Å². The Morgan fingerprint density at radius 1 is 0.900 bits per heavy atom. The zero-order valence-electron chi connectivity index (χ0n) is 17.3. The van der Waals surface area contributed by atoms with E-state index in [-0.39, 0.29) is 11.9 Å². The van der Waals surface area contributed by atoms with Crippen molar-refractivity contribution in [3.8, 4) is 11.1 Å². The van der Waals surface area contributed by atoms with Gasteiger partial charge in [0.25, 0.3) is 0 Å². The van der Waals surface area contributed by atoms with Crippen molar-refractivity contribution in [1.82, 2.24) is 15.2 Å². The Balaban J connectivity index is 1.49. The highest BCUT2D eigenvalue weighted by Gasteiger charge is 2.25. The molecule has 0 spiro atoms. The standard InChI is InChI=1S/C26H29N3O/c30-26(19-21-11-13-23(14-12-21)22-7-2-1-3-8-22)29(20-24-9-4-5-17-28-24)25-10-6-16-27-18-15-25/h1-5,7-9,11-14,17,25,27H,6,10,15-16,18-20H2. The number of benzene rings is 2. The first-order valence-corrected chi connectivity index (χ1v) is 10.8. The van der Waals surface area contributed by atoms with Crippen LogP contribution in [0.25, 0.3) is 11.1 Å². The number of rotatable bonds is 6. The first-order valence-electron chi connectivity index (χ1n) is 10.8. The summed E-state index contributed by atoms with van der Waals surface area (Å²) in [7, 11) is 0.